The summed E-state index contributed by atoms with van der Waals surface area (Å²) in [7, 11) is 1.99. The van der Waals surface area contributed by atoms with Crippen molar-refractivity contribution in [2.75, 3.05) is 13.6 Å². The van der Waals surface area contributed by atoms with Crippen LogP contribution in [-0.4, -0.2) is 13.6 Å². The molecule has 0 bridgehead atoms. The standard InChI is InChI=1S/C10H12ClN/c1-12-6-8-4-7-5-9(11)2-3-10(7)8/h2-3,5,8,12H,4,6H2,1H3. The smallest absolute Gasteiger partial charge is 0.0408 e. The van der Waals surface area contributed by atoms with Gasteiger partial charge >= 0.3 is 0 Å². The molecule has 1 N–H and O–H groups in total. The lowest BCUT2D eigenvalue weighted by Gasteiger charge is -2.30. The zero-order valence-electron chi connectivity index (χ0n) is 7.10. The molecule has 0 amide bonds. The molecule has 1 aromatic rings. The zero-order valence-corrected chi connectivity index (χ0v) is 7.86. The van der Waals surface area contributed by atoms with E-state index < -0.39 is 0 Å². The van der Waals surface area contributed by atoms with E-state index in [2.05, 4.69) is 17.4 Å². The lowest BCUT2D eigenvalue weighted by Crippen LogP contribution is -2.26. The minimum absolute atomic E-state index is 0.710. The summed E-state index contributed by atoms with van der Waals surface area (Å²) in [6, 6.07) is 6.19. The number of halogens is 1. The van der Waals surface area contributed by atoms with Gasteiger partial charge in [0.2, 0.25) is 0 Å². The molecule has 0 fully saturated rings. The maximum absolute atomic E-state index is 5.86. The van der Waals surface area contributed by atoms with Gasteiger partial charge in [-0.1, -0.05) is 17.7 Å². The number of nitrogens with one attached hydrogen (secondary N) is 1. The van der Waals surface area contributed by atoms with Crippen molar-refractivity contribution < 1.29 is 0 Å². The van der Waals surface area contributed by atoms with Gasteiger partial charge in [0.05, 0.1) is 0 Å². The molecule has 1 atom stereocenters. The minimum Gasteiger partial charge on any atom is -0.319 e. The molecule has 0 heterocycles. The first kappa shape index (κ1) is 8.09. The van der Waals surface area contributed by atoms with Crippen LogP contribution in [0.25, 0.3) is 0 Å². The first-order valence-electron chi connectivity index (χ1n) is 4.24. The van der Waals surface area contributed by atoms with Crippen LogP contribution in [0.2, 0.25) is 5.02 Å². The molecule has 1 aromatic carbocycles. The number of benzene rings is 1. The van der Waals surface area contributed by atoms with Gasteiger partial charge in [0.25, 0.3) is 0 Å². The summed E-state index contributed by atoms with van der Waals surface area (Å²) in [6.07, 6.45) is 1.18. The Morgan fingerprint density at radius 1 is 1.58 bits per heavy atom. The van der Waals surface area contributed by atoms with E-state index in [1.807, 2.05) is 13.1 Å². The summed E-state index contributed by atoms with van der Waals surface area (Å²) < 4.78 is 0. The van der Waals surface area contributed by atoms with Crippen molar-refractivity contribution in [3.05, 3.63) is 34.3 Å². The van der Waals surface area contributed by atoms with Crippen LogP contribution in [0.3, 0.4) is 0 Å². The first-order chi connectivity index (χ1) is 5.81. The Morgan fingerprint density at radius 3 is 3.08 bits per heavy atom. The van der Waals surface area contributed by atoms with Crippen LogP contribution < -0.4 is 5.32 Å². The lowest BCUT2D eigenvalue weighted by atomic mass is 9.78. The molecule has 0 saturated heterocycles. The first-order valence-corrected chi connectivity index (χ1v) is 4.62. The highest BCUT2D eigenvalue weighted by Gasteiger charge is 2.24. The Bertz CT molecular complexity index is 296. The van der Waals surface area contributed by atoms with Crippen LogP contribution in [0.15, 0.2) is 18.2 Å². The third-order valence-corrected chi connectivity index (χ3v) is 2.70. The van der Waals surface area contributed by atoms with Crippen LogP contribution in [0, 0.1) is 0 Å². The van der Waals surface area contributed by atoms with Crippen LogP contribution in [0.1, 0.15) is 17.0 Å². The molecule has 1 unspecified atom stereocenters. The Labute approximate surface area is 77.7 Å². The Hall–Kier alpha value is -0.530. The second-order valence-corrected chi connectivity index (χ2v) is 3.74. The highest BCUT2D eigenvalue weighted by Crippen LogP contribution is 2.35. The summed E-state index contributed by atoms with van der Waals surface area (Å²) in [5, 5.41) is 4.05. The van der Waals surface area contributed by atoms with E-state index in [9.17, 15) is 0 Å². The second kappa shape index (κ2) is 3.08. The largest absolute Gasteiger partial charge is 0.319 e. The van der Waals surface area contributed by atoms with Crippen LogP contribution in [0.4, 0.5) is 0 Å². The fourth-order valence-electron chi connectivity index (χ4n) is 1.82. The number of hydrogen-bond donors (Lipinski definition) is 1. The van der Waals surface area contributed by atoms with E-state index in [0.29, 0.717) is 5.92 Å². The molecule has 12 heavy (non-hydrogen) atoms. The maximum Gasteiger partial charge on any atom is 0.0408 e. The van der Waals surface area contributed by atoms with Crippen molar-refractivity contribution >= 4 is 11.6 Å². The van der Waals surface area contributed by atoms with E-state index in [4.69, 9.17) is 11.6 Å². The minimum atomic E-state index is 0.710. The van der Waals surface area contributed by atoms with Crippen LogP contribution >= 0.6 is 11.6 Å². The average molecular weight is 182 g/mol. The zero-order chi connectivity index (χ0) is 8.55. The molecular formula is C10H12ClN. The maximum atomic E-state index is 5.86. The molecule has 0 saturated carbocycles. The topological polar surface area (TPSA) is 12.0 Å². The summed E-state index contributed by atoms with van der Waals surface area (Å²) >= 11 is 5.86. The highest BCUT2D eigenvalue weighted by molar-refractivity contribution is 6.30. The fourth-order valence-corrected chi connectivity index (χ4v) is 2.02. The molecule has 64 valence electrons. The summed E-state index contributed by atoms with van der Waals surface area (Å²) in [6.45, 7) is 1.08. The van der Waals surface area contributed by atoms with Crippen molar-refractivity contribution in [3.63, 3.8) is 0 Å². The molecule has 0 aromatic heterocycles. The SMILES string of the molecule is CNCC1Cc2cc(Cl)ccc21. The molecule has 1 aliphatic rings. The number of fused-ring (bicyclic) bond motifs is 1. The quantitative estimate of drug-likeness (QED) is 0.738. The van der Waals surface area contributed by atoms with Gasteiger partial charge in [-0.05, 0) is 36.7 Å². The summed E-state index contributed by atoms with van der Waals surface area (Å²) in [5.41, 5.74) is 2.89. The van der Waals surface area contributed by atoms with E-state index >= 15 is 0 Å². The molecule has 2 rings (SSSR count). The monoisotopic (exact) mass is 181 g/mol. The van der Waals surface area contributed by atoms with Gasteiger partial charge < -0.3 is 5.32 Å². The van der Waals surface area contributed by atoms with Crippen molar-refractivity contribution in [2.45, 2.75) is 12.3 Å². The summed E-state index contributed by atoms with van der Waals surface area (Å²) in [4.78, 5) is 0. The Morgan fingerprint density at radius 2 is 2.42 bits per heavy atom. The van der Waals surface area contributed by atoms with Gasteiger partial charge in [-0.3, -0.25) is 0 Å². The Kier molecular flexibility index (Phi) is 2.07. The van der Waals surface area contributed by atoms with Gasteiger partial charge in [-0.2, -0.15) is 0 Å². The normalized spacial score (nSPS) is 20.0. The number of rotatable bonds is 2. The molecule has 1 nitrogen and oxygen atoms in total. The van der Waals surface area contributed by atoms with E-state index in [1.54, 1.807) is 0 Å². The van der Waals surface area contributed by atoms with Gasteiger partial charge in [-0.15, -0.1) is 0 Å². The van der Waals surface area contributed by atoms with Gasteiger partial charge in [0, 0.05) is 17.5 Å². The van der Waals surface area contributed by atoms with E-state index in [1.165, 1.54) is 17.5 Å². The lowest BCUT2D eigenvalue weighted by molar-refractivity contribution is 0.568. The molecule has 2 heteroatoms. The third kappa shape index (κ3) is 1.23. The molecule has 0 spiro atoms. The van der Waals surface area contributed by atoms with Crippen molar-refractivity contribution in [1.29, 1.82) is 0 Å². The highest BCUT2D eigenvalue weighted by atomic mass is 35.5. The number of likely N-dealkylation sites (N-methyl/N-ethyl adjacent to an activating group) is 1. The van der Waals surface area contributed by atoms with Gasteiger partial charge in [0.1, 0.15) is 0 Å². The van der Waals surface area contributed by atoms with Gasteiger partial charge in [-0.25, -0.2) is 0 Å². The molecule has 1 aliphatic carbocycles. The van der Waals surface area contributed by atoms with Crippen LogP contribution in [-0.2, 0) is 6.42 Å². The van der Waals surface area contributed by atoms with E-state index in [0.717, 1.165) is 11.6 Å². The molecule has 0 radical (unpaired) electrons. The van der Waals surface area contributed by atoms with Crippen molar-refractivity contribution in [2.24, 2.45) is 0 Å². The molecule has 0 aliphatic heterocycles. The predicted molar refractivity (Wildman–Crippen MR) is 51.8 cm³/mol. The third-order valence-electron chi connectivity index (χ3n) is 2.46. The van der Waals surface area contributed by atoms with Crippen molar-refractivity contribution in [3.8, 4) is 0 Å². The summed E-state index contributed by atoms with van der Waals surface area (Å²) in [5.74, 6) is 0.710. The predicted octanol–water partition coefficient (Wildman–Crippen LogP) is 2.20. The average Bonchev–Trinajstić information content (AvgIpc) is 2.01. The molecular weight excluding hydrogens is 170 g/mol. The Balaban J connectivity index is 2.19. The van der Waals surface area contributed by atoms with Gasteiger partial charge in [0.15, 0.2) is 0 Å². The van der Waals surface area contributed by atoms with Crippen molar-refractivity contribution in [1.82, 2.24) is 5.32 Å². The van der Waals surface area contributed by atoms with E-state index in [-0.39, 0.29) is 0 Å². The fraction of sp³-hybridized carbons (Fsp3) is 0.400. The second-order valence-electron chi connectivity index (χ2n) is 3.30. The number of hydrogen-bond acceptors (Lipinski definition) is 1. The van der Waals surface area contributed by atoms with Crippen LogP contribution in [0.5, 0.6) is 0 Å².